The Labute approximate surface area is 148 Å². The van der Waals surface area contributed by atoms with Crippen LogP contribution in [0.5, 0.6) is 5.75 Å². The zero-order chi connectivity index (χ0) is 18.7. The highest BCUT2D eigenvalue weighted by molar-refractivity contribution is 5.97. The molecule has 3 aromatic rings. The molecule has 0 saturated carbocycles. The SMILES string of the molecule is CCCNC(=O)c1cc(-n2cc(-c3cc(F)cc(F)c3)nn2)ccc1O. The first kappa shape index (κ1) is 17.5. The number of phenolic OH excluding ortho intramolecular Hbond substituents is 1. The lowest BCUT2D eigenvalue weighted by Crippen LogP contribution is -2.24. The lowest BCUT2D eigenvalue weighted by atomic mass is 10.1. The summed E-state index contributed by atoms with van der Waals surface area (Å²) in [6.07, 6.45) is 2.25. The van der Waals surface area contributed by atoms with Gasteiger partial charge in [-0.15, -0.1) is 5.10 Å². The van der Waals surface area contributed by atoms with Crippen LogP contribution >= 0.6 is 0 Å². The van der Waals surface area contributed by atoms with Crippen LogP contribution in [0.25, 0.3) is 16.9 Å². The number of carbonyl (C=O) groups is 1. The Balaban J connectivity index is 1.93. The van der Waals surface area contributed by atoms with Crippen molar-refractivity contribution in [2.45, 2.75) is 13.3 Å². The topological polar surface area (TPSA) is 80.0 Å². The van der Waals surface area contributed by atoms with Gasteiger partial charge in [0.05, 0.1) is 17.4 Å². The van der Waals surface area contributed by atoms with Crippen molar-refractivity contribution in [3.8, 4) is 22.7 Å². The van der Waals surface area contributed by atoms with Crippen molar-refractivity contribution >= 4 is 5.91 Å². The molecule has 134 valence electrons. The van der Waals surface area contributed by atoms with Gasteiger partial charge < -0.3 is 10.4 Å². The van der Waals surface area contributed by atoms with E-state index in [9.17, 15) is 18.7 Å². The van der Waals surface area contributed by atoms with E-state index in [0.29, 0.717) is 12.2 Å². The van der Waals surface area contributed by atoms with Gasteiger partial charge in [0, 0.05) is 18.2 Å². The van der Waals surface area contributed by atoms with E-state index in [1.165, 1.54) is 23.0 Å². The lowest BCUT2D eigenvalue weighted by molar-refractivity contribution is 0.0951. The maximum Gasteiger partial charge on any atom is 0.255 e. The largest absolute Gasteiger partial charge is 0.507 e. The van der Waals surface area contributed by atoms with Crippen LogP contribution in [0.3, 0.4) is 0 Å². The van der Waals surface area contributed by atoms with Crippen molar-refractivity contribution in [3.63, 3.8) is 0 Å². The second-order valence-corrected chi connectivity index (χ2v) is 5.66. The molecule has 0 spiro atoms. The van der Waals surface area contributed by atoms with Crippen molar-refractivity contribution < 1.29 is 18.7 Å². The first-order valence-corrected chi connectivity index (χ1v) is 7.98. The van der Waals surface area contributed by atoms with E-state index in [4.69, 9.17) is 0 Å². The molecule has 6 nitrogen and oxygen atoms in total. The number of hydrogen-bond acceptors (Lipinski definition) is 4. The standard InChI is InChI=1S/C18H16F2N4O2/c1-2-5-21-18(26)15-9-14(3-4-17(15)25)24-10-16(22-23-24)11-6-12(19)8-13(20)7-11/h3-4,6-10,25H,2,5H2,1H3,(H,21,26). The van der Waals surface area contributed by atoms with Crippen molar-refractivity contribution in [2.75, 3.05) is 6.54 Å². The van der Waals surface area contributed by atoms with Crippen LogP contribution in [0.1, 0.15) is 23.7 Å². The minimum atomic E-state index is -0.714. The Morgan fingerprint density at radius 1 is 1.19 bits per heavy atom. The normalized spacial score (nSPS) is 10.7. The van der Waals surface area contributed by atoms with Gasteiger partial charge in [-0.05, 0) is 36.8 Å². The van der Waals surface area contributed by atoms with Crippen molar-refractivity contribution in [2.24, 2.45) is 0 Å². The summed E-state index contributed by atoms with van der Waals surface area (Å²) < 4.78 is 28.1. The third-order valence-corrected chi connectivity index (χ3v) is 3.68. The third-order valence-electron chi connectivity index (χ3n) is 3.68. The Morgan fingerprint density at radius 2 is 1.92 bits per heavy atom. The van der Waals surface area contributed by atoms with E-state index in [2.05, 4.69) is 15.6 Å². The van der Waals surface area contributed by atoms with Crippen LogP contribution in [-0.2, 0) is 0 Å². The molecule has 2 aromatic carbocycles. The molecule has 0 radical (unpaired) electrons. The highest BCUT2D eigenvalue weighted by Crippen LogP contribution is 2.23. The van der Waals surface area contributed by atoms with Crippen molar-refractivity contribution in [1.29, 1.82) is 0 Å². The zero-order valence-corrected chi connectivity index (χ0v) is 13.9. The molecule has 0 aliphatic heterocycles. The smallest absolute Gasteiger partial charge is 0.255 e. The van der Waals surface area contributed by atoms with Gasteiger partial charge in [-0.2, -0.15) is 0 Å². The number of carbonyl (C=O) groups excluding carboxylic acids is 1. The maximum absolute atomic E-state index is 13.4. The summed E-state index contributed by atoms with van der Waals surface area (Å²) in [6.45, 7) is 2.41. The summed E-state index contributed by atoms with van der Waals surface area (Å²) in [4.78, 5) is 12.1. The van der Waals surface area contributed by atoms with Crippen LogP contribution < -0.4 is 5.32 Å². The van der Waals surface area contributed by atoms with E-state index < -0.39 is 17.5 Å². The molecular weight excluding hydrogens is 342 g/mol. The molecular formula is C18H16F2N4O2. The quantitative estimate of drug-likeness (QED) is 0.735. The number of halogens is 2. The number of benzene rings is 2. The summed E-state index contributed by atoms with van der Waals surface area (Å²) in [7, 11) is 0. The number of nitrogens with zero attached hydrogens (tertiary/aromatic N) is 3. The number of phenols is 1. The summed E-state index contributed by atoms with van der Waals surface area (Å²) >= 11 is 0. The molecule has 0 aliphatic rings. The third kappa shape index (κ3) is 3.69. The zero-order valence-electron chi connectivity index (χ0n) is 13.9. The fraction of sp³-hybridized carbons (Fsp3) is 0.167. The maximum atomic E-state index is 13.4. The molecule has 8 heteroatoms. The molecule has 0 atom stereocenters. The number of aromatic hydroxyl groups is 1. The monoisotopic (exact) mass is 358 g/mol. The van der Waals surface area contributed by atoms with E-state index >= 15 is 0 Å². The summed E-state index contributed by atoms with van der Waals surface area (Å²) in [5.41, 5.74) is 1.09. The minimum Gasteiger partial charge on any atom is -0.507 e. The molecule has 0 bridgehead atoms. The molecule has 0 unspecified atom stereocenters. The Morgan fingerprint density at radius 3 is 2.62 bits per heavy atom. The number of amides is 1. The second kappa shape index (κ2) is 7.30. The van der Waals surface area contributed by atoms with Gasteiger partial charge >= 0.3 is 0 Å². The van der Waals surface area contributed by atoms with E-state index in [1.54, 1.807) is 6.07 Å². The van der Waals surface area contributed by atoms with Crippen LogP contribution in [0.15, 0.2) is 42.6 Å². The fourth-order valence-electron chi connectivity index (χ4n) is 2.41. The predicted octanol–water partition coefficient (Wildman–Crippen LogP) is 3.06. The number of rotatable bonds is 5. The van der Waals surface area contributed by atoms with Crippen molar-refractivity contribution in [1.82, 2.24) is 20.3 Å². The van der Waals surface area contributed by atoms with Gasteiger partial charge in [-0.25, -0.2) is 13.5 Å². The van der Waals surface area contributed by atoms with Crippen LogP contribution in [0.4, 0.5) is 8.78 Å². The van der Waals surface area contributed by atoms with Crippen molar-refractivity contribution in [3.05, 3.63) is 59.8 Å². The molecule has 2 N–H and O–H groups in total. The van der Waals surface area contributed by atoms with E-state index in [-0.39, 0.29) is 22.6 Å². The average molecular weight is 358 g/mol. The first-order chi connectivity index (χ1) is 12.5. The summed E-state index contributed by atoms with van der Waals surface area (Å²) in [5.74, 6) is -1.99. The van der Waals surface area contributed by atoms with Crippen LogP contribution in [-0.4, -0.2) is 32.6 Å². The van der Waals surface area contributed by atoms with Gasteiger partial charge in [0.15, 0.2) is 0 Å². The number of nitrogens with one attached hydrogen (secondary N) is 1. The van der Waals surface area contributed by atoms with Gasteiger partial charge in [0.1, 0.15) is 23.1 Å². The van der Waals surface area contributed by atoms with Gasteiger partial charge in [-0.1, -0.05) is 12.1 Å². The minimum absolute atomic E-state index is 0.102. The number of hydrogen-bond donors (Lipinski definition) is 2. The van der Waals surface area contributed by atoms with Gasteiger partial charge in [0.2, 0.25) is 0 Å². The van der Waals surface area contributed by atoms with Crippen LogP contribution in [0.2, 0.25) is 0 Å². The highest BCUT2D eigenvalue weighted by atomic mass is 19.1. The van der Waals surface area contributed by atoms with E-state index in [0.717, 1.165) is 24.6 Å². The molecule has 1 aromatic heterocycles. The van der Waals surface area contributed by atoms with Gasteiger partial charge in [-0.3, -0.25) is 4.79 Å². The molecule has 0 saturated heterocycles. The molecule has 0 aliphatic carbocycles. The molecule has 1 amide bonds. The van der Waals surface area contributed by atoms with E-state index in [1.807, 2.05) is 6.92 Å². The summed E-state index contributed by atoms with van der Waals surface area (Å²) in [5, 5.41) is 20.4. The van der Waals surface area contributed by atoms with Gasteiger partial charge in [0.25, 0.3) is 5.91 Å². The molecule has 26 heavy (non-hydrogen) atoms. The first-order valence-electron chi connectivity index (χ1n) is 7.98. The predicted molar refractivity (Wildman–Crippen MR) is 91.0 cm³/mol. The second-order valence-electron chi connectivity index (χ2n) is 5.66. The number of aromatic nitrogens is 3. The molecule has 0 fully saturated rings. The molecule has 3 rings (SSSR count). The van der Waals surface area contributed by atoms with Crippen LogP contribution in [0, 0.1) is 11.6 Å². The average Bonchev–Trinajstić information content (AvgIpc) is 3.09. The lowest BCUT2D eigenvalue weighted by Gasteiger charge is -2.08. The Bertz CT molecular complexity index is 936. The molecule has 1 heterocycles. The Hall–Kier alpha value is -3.29. The highest BCUT2D eigenvalue weighted by Gasteiger charge is 2.14. The fourth-order valence-corrected chi connectivity index (χ4v) is 2.41. The Kier molecular flexibility index (Phi) is 4.92. The summed E-state index contributed by atoms with van der Waals surface area (Å²) in [6, 6.07) is 7.46.